The minimum Gasteiger partial charge on any atom is -0.351 e. The van der Waals surface area contributed by atoms with Gasteiger partial charge in [0.15, 0.2) is 0 Å². The Morgan fingerprint density at radius 3 is 2.43 bits per heavy atom. The molecule has 1 aromatic heterocycles. The number of aromatic nitrogens is 1. The van der Waals surface area contributed by atoms with E-state index in [1.807, 2.05) is 30.3 Å². The number of rotatable bonds is 5. The smallest absolute Gasteiger partial charge is 0.267 e. The van der Waals surface area contributed by atoms with Gasteiger partial charge in [-0.1, -0.05) is 36.8 Å². The molecule has 28 heavy (non-hydrogen) atoms. The summed E-state index contributed by atoms with van der Waals surface area (Å²) in [6.45, 7) is 1.51. The third kappa shape index (κ3) is 3.81. The average Bonchev–Trinajstić information content (AvgIpc) is 3.17. The highest BCUT2D eigenvalue weighted by Crippen LogP contribution is 2.21. The summed E-state index contributed by atoms with van der Waals surface area (Å²) in [4.78, 5) is 15.8. The van der Waals surface area contributed by atoms with E-state index in [0.29, 0.717) is 30.2 Å². The van der Waals surface area contributed by atoms with Gasteiger partial charge in [0.2, 0.25) is 10.0 Å². The highest BCUT2D eigenvalue weighted by Gasteiger charge is 2.25. The van der Waals surface area contributed by atoms with Crippen molar-refractivity contribution in [1.82, 2.24) is 14.6 Å². The number of aromatic amines is 1. The van der Waals surface area contributed by atoms with Crippen LogP contribution in [0.15, 0.2) is 59.5 Å². The number of nitrogens with zero attached hydrogens (tertiary/aromatic N) is 1. The van der Waals surface area contributed by atoms with Crippen LogP contribution < -0.4 is 5.32 Å². The van der Waals surface area contributed by atoms with Gasteiger partial charge in [0, 0.05) is 30.5 Å². The lowest BCUT2D eigenvalue weighted by Crippen LogP contribution is -2.35. The summed E-state index contributed by atoms with van der Waals surface area (Å²) in [6.07, 6.45) is 2.91. The largest absolute Gasteiger partial charge is 0.351 e. The first-order chi connectivity index (χ1) is 13.5. The zero-order valence-corrected chi connectivity index (χ0v) is 16.3. The van der Waals surface area contributed by atoms with Crippen LogP contribution in [0, 0.1) is 0 Å². The van der Waals surface area contributed by atoms with Gasteiger partial charge >= 0.3 is 0 Å². The molecule has 146 valence electrons. The molecule has 0 aliphatic carbocycles. The van der Waals surface area contributed by atoms with E-state index in [9.17, 15) is 13.2 Å². The monoisotopic (exact) mass is 397 g/mol. The number of hydrogen-bond donors (Lipinski definition) is 2. The predicted octanol–water partition coefficient (Wildman–Crippen LogP) is 3.27. The Labute approximate surface area is 164 Å². The van der Waals surface area contributed by atoms with E-state index in [-0.39, 0.29) is 5.91 Å². The van der Waals surface area contributed by atoms with Crippen molar-refractivity contribution >= 4 is 26.8 Å². The molecule has 2 heterocycles. The maximum absolute atomic E-state index is 12.7. The molecule has 1 aliphatic rings. The van der Waals surface area contributed by atoms with E-state index in [4.69, 9.17) is 0 Å². The van der Waals surface area contributed by atoms with Gasteiger partial charge in [-0.2, -0.15) is 4.31 Å². The van der Waals surface area contributed by atoms with Crippen LogP contribution in [0.25, 0.3) is 10.9 Å². The first-order valence-corrected chi connectivity index (χ1v) is 10.9. The minimum atomic E-state index is -3.43. The standard InChI is InChI=1S/C21H23N3O3S/c25-21(20-14-17-6-2-3-7-19(17)23-20)22-15-16-8-10-18(11-9-16)28(26,27)24-12-4-1-5-13-24/h2-3,6-11,14,23H,1,4-5,12-13,15H2,(H,22,25). The molecule has 7 heteroatoms. The van der Waals surface area contributed by atoms with E-state index in [1.165, 1.54) is 0 Å². The van der Waals surface area contributed by atoms with Crippen molar-refractivity contribution in [3.05, 3.63) is 65.9 Å². The Bertz CT molecular complexity index is 1050. The zero-order chi connectivity index (χ0) is 19.6. The number of carbonyl (C=O) groups excluding carboxylic acids is 1. The van der Waals surface area contributed by atoms with Crippen molar-refractivity contribution in [2.24, 2.45) is 0 Å². The third-order valence-corrected chi connectivity index (χ3v) is 7.02. The first kappa shape index (κ1) is 18.7. The summed E-state index contributed by atoms with van der Waals surface area (Å²) in [5.74, 6) is -0.193. The van der Waals surface area contributed by atoms with E-state index < -0.39 is 10.0 Å². The summed E-state index contributed by atoms with van der Waals surface area (Å²) >= 11 is 0. The number of amides is 1. The Morgan fingerprint density at radius 2 is 1.71 bits per heavy atom. The number of fused-ring (bicyclic) bond motifs is 1. The number of benzene rings is 2. The summed E-state index contributed by atoms with van der Waals surface area (Å²) in [7, 11) is -3.43. The molecule has 1 amide bonds. The van der Waals surface area contributed by atoms with Crippen molar-refractivity contribution in [1.29, 1.82) is 0 Å². The predicted molar refractivity (Wildman–Crippen MR) is 109 cm³/mol. The van der Waals surface area contributed by atoms with E-state index in [1.54, 1.807) is 28.6 Å². The lowest BCUT2D eigenvalue weighted by atomic mass is 10.2. The van der Waals surface area contributed by atoms with Crippen LogP contribution in [0.4, 0.5) is 0 Å². The fraction of sp³-hybridized carbons (Fsp3) is 0.286. The van der Waals surface area contributed by atoms with E-state index in [0.717, 1.165) is 35.7 Å². The van der Waals surface area contributed by atoms with Gasteiger partial charge in [-0.25, -0.2) is 8.42 Å². The molecule has 2 N–H and O–H groups in total. The molecule has 4 rings (SSSR count). The molecule has 0 saturated carbocycles. The summed E-state index contributed by atoms with van der Waals surface area (Å²) < 4.78 is 26.9. The number of hydrogen-bond acceptors (Lipinski definition) is 3. The molecule has 1 fully saturated rings. The Balaban J connectivity index is 1.41. The fourth-order valence-corrected chi connectivity index (χ4v) is 5.02. The van der Waals surface area contributed by atoms with E-state index in [2.05, 4.69) is 10.3 Å². The van der Waals surface area contributed by atoms with Crippen LogP contribution >= 0.6 is 0 Å². The quantitative estimate of drug-likeness (QED) is 0.693. The molecular weight excluding hydrogens is 374 g/mol. The number of piperidine rings is 1. The van der Waals surface area contributed by atoms with Crippen molar-refractivity contribution in [3.63, 3.8) is 0 Å². The van der Waals surface area contributed by atoms with Crippen molar-refractivity contribution in [2.45, 2.75) is 30.7 Å². The second kappa shape index (κ2) is 7.77. The van der Waals surface area contributed by atoms with Gasteiger partial charge in [0.25, 0.3) is 5.91 Å². The second-order valence-corrected chi connectivity index (χ2v) is 9.00. The SMILES string of the molecule is O=C(NCc1ccc(S(=O)(=O)N2CCCCC2)cc1)c1cc2ccccc2[nH]1. The van der Waals surface area contributed by atoms with E-state index >= 15 is 0 Å². The molecule has 2 aromatic carbocycles. The highest BCUT2D eigenvalue weighted by atomic mass is 32.2. The van der Waals surface area contributed by atoms with Crippen LogP contribution in [0.3, 0.4) is 0 Å². The number of para-hydroxylation sites is 1. The van der Waals surface area contributed by atoms with Gasteiger partial charge in [-0.3, -0.25) is 4.79 Å². The first-order valence-electron chi connectivity index (χ1n) is 9.49. The van der Waals surface area contributed by atoms with Gasteiger partial charge in [0.05, 0.1) is 4.90 Å². The lowest BCUT2D eigenvalue weighted by molar-refractivity contribution is 0.0946. The normalized spacial score (nSPS) is 15.6. The van der Waals surface area contributed by atoms with Crippen molar-refractivity contribution < 1.29 is 13.2 Å². The third-order valence-electron chi connectivity index (χ3n) is 5.10. The number of sulfonamides is 1. The summed E-state index contributed by atoms with van der Waals surface area (Å²) in [5, 5.41) is 3.85. The Hall–Kier alpha value is -2.64. The molecule has 6 nitrogen and oxygen atoms in total. The van der Waals surface area contributed by atoms with Crippen LogP contribution in [-0.4, -0.2) is 36.7 Å². The highest BCUT2D eigenvalue weighted by molar-refractivity contribution is 7.89. The summed E-state index contributed by atoms with van der Waals surface area (Å²) in [5.41, 5.74) is 2.27. The molecule has 1 saturated heterocycles. The maximum Gasteiger partial charge on any atom is 0.267 e. The number of H-pyrrole nitrogens is 1. The molecule has 3 aromatic rings. The fourth-order valence-electron chi connectivity index (χ4n) is 3.51. The van der Waals surface area contributed by atoms with Gasteiger partial charge in [-0.05, 0) is 42.7 Å². The van der Waals surface area contributed by atoms with Crippen molar-refractivity contribution in [2.75, 3.05) is 13.1 Å². The molecule has 0 unspecified atom stereocenters. The second-order valence-electron chi connectivity index (χ2n) is 7.06. The minimum absolute atomic E-state index is 0.193. The maximum atomic E-state index is 12.7. The molecule has 0 radical (unpaired) electrons. The molecule has 0 bridgehead atoms. The molecule has 0 atom stereocenters. The Morgan fingerprint density at radius 1 is 1.00 bits per heavy atom. The van der Waals surface area contributed by atoms with Crippen LogP contribution in [0.2, 0.25) is 0 Å². The van der Waals surface area contributed by atoms with Crippen LogP contribution in [0.5, 0.6) is 0 Å². The van der Waals surface area contributed by atoms with Gasteiger partial charge < -0.3 is 10.3 Å². The lowest BCUT2D eigenvalue weighted by Gasteiger charge is -2.25. The topological polar surface area (TPSA) is 82.3 Å². The zero-order valence-electron chi connectivity index (χ0n) is 15.5. The molecular formula is C21H23N3O3S. The van der Waals surface area contributed by atoms with Crippen molar-refractivity contribution in [3.8, 4) is 0 Å². The Kier molecular flexibility index (Phi) is 5.19. The number of nitrogens with one attached hydrogen (secondary N) is 2. The van der Waals surface area contributed by atoms with Gasteiger partial charge in [-0.15, -0.1) is 0 Å². The van der Waals surface area contributed by atoms with Crippen LogP contribution in [0.1, 0.15) is 35.3 Å². The van der Waals surface area contributed by atoms with Gasteiger partial charge in [0.1, 0.15) is 5.69 Å². The average molecular weight is 398 g/mol. The van der Waals surface area contributed by atoms with Crippen LogP contribution in [-0.2, 0) is 16.6 Å². The molecule has 1 aliphatic heterocycles. The number of carbonyl (C=O) groups is 1. The molecule has 0 spiro atoms. The summed E-state index contributed by atoms with van der Waals surface area (Å²) in [6, 6.07) is 16.3.